The Hall–Kier alpha value is -7.17. The molecule has 0 fully saturated rings. The number of hydrogen-bond acceptors (Lipinski definition) is 3. The van der Waals surface area contributed by atoms with E-state index in [2.05, 4.69) is 162 Å². The van der Waals surface area contributed by atoms with Gasteiger partial charge in [0.25, 0.3) is 0 Å². The second kappa shape index (κ2) is 12.9. The SMILES string of the molecule is c1ccc(-c2cccc(-c3cc(-c4cccc(-c5cccc(-c6c7ccccc7n7c6cnc6ccccc67)c5)c4)nc(-c4ccccc4)n3)c2)cc1. The molecule has 10 aromatic rings. The maximum Gasteiger partial charge on any atom is 0.160 e. The van der Waals surface area contributed by atoms with Crippen LogP contribution >= 0.6 is 0 Å². The fourth-order valence-electron chi connectivity index (χ4n) is 7.50. The summed E-state index contributed by atoms with van der Waals surface area (Å²) in [5.74, 6) is 0.698. The van der Waals surface area contributed by atoms with Gasteiger partial charge in [0.1, 0.15) is 0 Å². The summed E-state index contributed by atoms with van der Waals surface area (Å²) in [7, 11) is 0. The molecule has 10 rings (SSSR count). The van der Waals surface area contributed by atoms with Gasteiger partial charge in [-0.05, 0) is 70.3 Å². The van der Waals surface area contributed by atoms with Crippen molar-refractivity contribution < 1.29 is 0 Å². The molecule has 0 bridgehead atoms. The highest BCUT2D eigenvalue weighted by Gasteiger charge is 2.17. The standard InChI is InChI=1S/C49H32N4/c1-3-14-33(15-4-1)35-18-11-21-38(28-35)43-31-44(52-49(51-43)34-16-5-2-6-17-34)39-22-12-19-36(29-39)37-20-13-23-40(30-37)48-41-24-7-9-26-45(41)53-46-27-10-8-25-42(46)50-32-47(48)53/h1-32H. The van der Waals surface area contributed by atoms with Gasteiger partial charge < -0.3 is 4.40 Å². The summed E-state index contributed by atoms with van der Waals surface area (Å²) in [6.07, 6.45) is 2.01. The van der Waals surface area contributed by atoms with Gasteiger partial charge in [0.15, 0.2) is 5.82 Å². The molecule has 0 aliphatic carbocycles. The lowest BCUT2D eigenvalue weighted by atomic mass is 9.96. The fraction of sp³-hybridized carbons (Fsp3) is 0. The molecule has 4 nitrogen and oxygen atoms in total. The molecule has 0 aliphatic heterocycles. The summed E-state index contributed by atoms with van der Waals surface area (Å²) < 4.78 is 2.34. The van der Waals surface area contributed by atoms with E-state index in [1.807, 2.05) is 36.5 Å². The zero-order valence-corrected chi connectivity index (χ0v) is 28.8. The minimum absolute atomic E-state index is 0.698. The van der Waals surface area contributed by atoms with Crippen LogP contribution in [0.1, 0.15) is 0 Å². The van der Waals surface area contributed by atoms with Gasteiger partial charge >= 0.3 is 0 Å². The smallest absolute Gasteiger partial charge is 0.160 e. The lowest BCUT2D eigenvalue weighted by Gasteiger charge is -2.12. The van der Waals surface area contributed by atoms with Gasteiger partial charge in [-0.25, -0.2) is 9.97 Å². The molecule has 3 heterocycles. The van der Waals surface area contributed by atoms with Gasteiger partial charge in [-0.15, -0.1) is 0 Å². The van der Waals surface area contributed by atoms with Crippen molar-refractivity contribution in [1.82, 2.24) is 19.4 Å². The molecule has 0 aliphatic rings. The maximum atomic E-state index is 5.15. The molecule has 0 amide bonds. The molecule has 0 saturated carbocycles. The zero-order chi connectivity index (χ0) is 35.1. The molecule has 4 heteroatoms. The molecule has 53 heavy (non-hydrogen) atoms. The summed E-state index contributed by atoms with van der Waals surface area (Å²) in [6, 6.07) is 65.9. The van der Waals surface area contributed by atoms with Gasteiger partial charge in [0, 0.05) is 27.6 Å². The van der Waals surface area contributed by atoms with Crippen molar-refractivity contribution >= 4 is 27.5 Å². The molecule has 248 valence electrons. The van der Waals surface area contributed by atoms with Gasteiger partial charge in [0.05, 0.1) is 39.7 Å². The van der Waals surface area contributed by atoms with Crippen LogP contribution in [0, 0.1) is 0 Å². The van der Waals surface area contributed by atoms with Crippen LogP contribution in [-0.2, 0) is 0 Å². The van der Waals surface area contributed by atoms with E-state index >= 15 is 0 Å². The number of para-hydroxylation sites is 3. The molecular formula is C49H32N4. The van der Waals surface area contributed by atoms with Crippen LogP contribution in [-0.4, -0.2) is 19.4 Å². The van der Waals surface area contributed by atoms with E-state index in [0.29, 0.717) is 5.82 Å². The number of nitrogens with zero attached hydrogens (tertiary/aromatic N) is 4. The summed E-state index contributed by atoms with van der Waals surface area (Å²) in [5.41, 5.74) is 16.1. The van der Waals surface area contributed by atoms with Crippen LogP contribution in [0.25, 0.3) is 94.7 Å². The monoisotopic (exact) mass is 676 g/mol. The van der Waals surface area contributed by atoms with Crippen LogP contribution in [0.4, 0.5) is 0 Å². The first-order chi connectivity index (χ1) is 26.3. The molecule has 0 saturated heterocycles. The normalized spacial score (nSPS) is 11.4. The van der Waals surface area contributed by atoms with E-state index in [9.17, 15) is 0 Å². The average Bonchev–Trinajstić information content (AvgIpc) is 3.59. The zero-order valence-electron chi connectivity index (χ0n) is 28.8. The quantitative estimate of drug-likeness (QED) is 0.176. The number of rotatable bonds is 6. The van der Waals surface area contributed by atoms with Crippen LogP contribution in [0.5, 0.6) is 0 Å². The second-order valence-electron chi connectivity index (χ2n) is 13.3. The van der Waals surface area contributed by atoms with Crippen molar-refractivity contribution in [1.29, 1.82) is 0 Å². The van der Waals surface area contributed by atoms with E-state index < -0.39 is 0 Å². The maximum absolute atomic E-state index is 5.15. The van der Waals surface area contributed by atoms with Crippen molar-refractivity contribution in [2.24, 2.45) is 0 Å². The molecule has 0 N–H and O–H groups in total. The summed E-state index contributed by atoms with van der Waals surface area (Å²) in [4.78, 5) is 15.1. The van der Waals surface area contributed by atoms with E-state index in [4.69, 9.17) is 15.0 Å². The van der Waals surface area contributed by atoms with Crippen molar-refractivity contribution in [2.45, 2.75) is 0 Å². The molecule has 0 atom stereocenters. The number of benzene rings is 7. The summed E-state index contributed by atoms with van der Waals surface area (Å²) >= 11 is 0. The molecular weight excluding hydrogens is 645 g/mol. The number of hydrogen-bond donors (Lipinski definition) is 0. The number of aromatic nitrogens is 4. The minimum Gasteiger partial charge on any atom is -0.306 e. The Morgan fingerprint density at radius 3 is 1.51 bits per heavy atom. The van der Waals surface area contributed by atoms with E-state index in [0.717, 1.165) is 66.9 Å². The lowest BCUT2D eigenvalue weighted by molar-refractivity contribution is 1.18. The molecule has 3 aromatic heterocycles. The topological polar surface area (TPSA) is 43.1 Å². The van der Waals surface area contributed by atoms with Crippen molar-refractivity contribution in [3.8, 4) is 67.3 Å². The Labute approximate surface area is 307 Å². The highest BCUT2D eigenvalue weighted by atomic mass is 14.9. The first-order valence-corrected chi connectivity index (χ1v) is 17.9. The van der Waals surface area contributed by atoms with E-state index in [1.54, 1.807) is 0 Å². The molecule has 0 spiro atoms. The average molecular weight is 677 g/mol. The summed E-state index contributed by atoms with van der Waals surface area (Å²) in [5, 5.41) is 1.20. The predicted molar refractivity (Wildman–Crippen MR) is 218 cm³/mol. The van der Waals surface area contributed by atoms with Crippen LogP contribution < -0.4 is 0 Å². The van der Waals surface area contributed by atoms with Crippen molar-refractivity contribution in [2.75, 3.05) is 0 Å². The van der Waals surface area contributed by atoms with Gasteiger partial charge in [-0.1, -0.05) is 146 Å². The first-order valence-electron chi connectivity index (χ1n) is 17.9. The van der Waals surface area contributed by atoms with Crippen LogP contribution in [0.15, 0.2) is 194 Å². The minimum atomic E-state index is 0.698. The van der Waals surface area contributed by atoms with Crippen molar-refractivity contribution in [3.05, 3.63) is 194 Å². The predicted octanol–water partition coefficient (Wildman–Crippen LogP) is 12.4. The lowest BCUT2D eigenvalue weighted by Crippen LogP contribution is -1.96. The molecule has 0 radical (unpaired) electrons. The fourth-order valence-corrected chi connectivity index (χ4v) is 7.50. The highest BCUT2D eigenvalue weighted by Crippen LogP contribution is 2.39. The Kier molecular flexibility index (Phi) is 7.43. The summed E-state index contributed by atoms with van der Waals surface area (Å²) in [6.45, 7) is 0. The third kappa shape index (κ3) is 5.54. The largest absolute Gasteiger partial charge is 0.306 e. The first kappa shape index (κ1) is 30.6. The van der Waals surface area contributed by atoms with E-state index in [1.165, 1.54) is 22.0 Å². The molecule has 0 unspecified atom stereocenters. The Balaban J connectivity index is 1.09. The number of fused-ring (bicyclic) bond motifs is 5. The highest BCUT2D eigenvalue weighted by molar-refractivity contribution is 6.08. The van der Waals surface area contributed by atoms with E-state index in [-0.39, 0.29) is 0 Å². The third-order valence-electron chi connectivity index (χ3n) is 10.0. The Morgan fingerprint density at radius 2 is 0.830 bits per heavy atom. The molecule has 7 aromatic carbocycles. The van der Waals surface area contributed by atoms with Crippen LogP contribution in [0.2, 0.25) is 0 Å². The van der Waals surface area contributed by atoms with Crippen molar-refractivity contribution in [3.63, 3.8) is 0 Å². The Bertz CT molecular complexity index is 2950. The Morgan fingerprint density at radius 1 is 0.340 bits per heavy atom. The third-order valence-corrected chi connectivity index (χ3v) is 10.0. The van der Waals surface area contributed by atoms with Gasteiger partial charge in [-0.3, -0.25) is 4.98 Å². The van der Waals surface area contributed by atoms with Crippen LogP contribution in [0.3, 0.4) is 0 Å². The second-order valence-corrected chi connectivity index (χ2v) is 13.3. The van der Waals surface area contributed by atoms with Gasteiger partial charge in [0.2, 0.25) is 0 Å². The van der Waals surface area contributed by atoms with Gasteiger partial charge in [-0.2, -0.15) is 0 Å².